The molecule has 0 radical (unpaired) electrons. The number of rotatable bonds is 6. The number of ether oxygens (including phenoxy) is 1. The standard InChI is InChI=1S/C24H39NO2/c1-7-8-9-10-13-23(3,4)20-15-19(26)21-17-14-16(2)11-12-18(17)24(5,6)27-22(21)25-20/h15-18H,7-14H2,1-6H3,(H,25,26)/t16-,17-,18?/m0/s1. The van der Waals surface area contributed by atoms with E-state index in [1.165, 1.54) is 38.5 Å². The number of nitrogens with zero attached hydrogens (tertiary/aromatic N) is 1. The molecule has 3 nitrogen and oxygen atoms in total. The summed E-state index contributed by atoms with van der Waals surface area (Å²) >= 11 is 0. The van der Waals surface area contributed by atoms with E-state index in [1.54, 1.807) is 0 Å². The minimum atomic E-state index is -0.221. The number of aromatic hydroxyl groups is 1. The minimum Gasteiger partial charge on any atom is -0.507 e. The second-order valence-corrected chi connectivity index (χ2v) is 10.3. The van der Waals surface area contributed by atoms with Crippen LogP contribution in [-0.4, -0.2) is 15.7 Å². The summed E-state index contributed by atoms with van der Waals surface area (Å²) in [5.74, 6) is 2.61. The topological polar surface area (TPSA) is 42.4 Å². The summed E-state index contributed by atoms with van der Waals surface area (Å²) in [6, 6.07) is 1.93. The van der Waals surface area contributed by atoms with Crippen molar-refractivity contribution < 1.29 is 9.84 Å². The molecule has 0 amide bonds. The highest BCUT2D eigenvalue weighted by Gasteiger charge is 2.48. The maximum absolute atomic E-state index is 11.0. The molecule has 0 aromatic carbocycles. The second kappa shape index (κ2) is 7.64. The largest absolute Gasteiger partial charge is 0.507 e. The van der Waals surface area contributed by atoms with Crippen LogP contribution >= 0.6 is 0 Å². The van der Waals surface area contributed by atoms with E-state index in [2.05, 4.69) is 41.5 Å². The highest BCUT2D eigenvalue weighted by Crippen LogP contribution is 2.55. The van der Waals surface area contributed by atoms with E-state index in [1.807, 2.05) is 6.07 Å². The molecule has 3 rings (SSSR count). The molecular weight excluding hydrogens is 334 g/mol. The van der Waals surface area contributed by atoms with E-state index in [9.17, 15) is 5.11 Å². The quantitative estimate of drug-likeness (QED) is 0.562. The van der Waals surface area contributed by atoms with Crippen molar-refractivity contribution in [1.29, 1.82) is 0 Å². The molecule has 0 bridgehead atoms. The van der Waals surface area contributed by atoms with Gasteiger partial charge in [-0.15, -0.1) is 0 Å². The molecule has 152 valence electrons. The first-order valence-corrected chi connectivity index (χ1v) is 11.1. The maximum atomic E-state index is 11.0. The summed E-state index contributed by atoms with van der Waals surface area (Å²) in [6.45, 7) is 13.5. The molecule has 1 fully saturated rings. The van der Waals surface area contributed by atoms with Crippen molar-refractivity contribution in [3.63, 3.8) is 0 Å². The van der Waals surface area contributed by atoms with E-state index >= 15 is 0 Å². The van der Waals surface area contributed by atoms with Crippen LogP contribution in [0.25, 0.3) is 0 Å². The molecule has 3 atom stereocenters. The number of hydrogen-bond acceptors (Lipinski definition) is 3. The van der Waals surface area contributed by atoms with E-state index < -0.39 is 0 Å². The lowest BCUT2D eigenvalue weighted by molar-refractivity contribution is -0.0189. The van der Waals surface area contributed by atoms with Crippen molar-refractivity contribution >= 4 is 0 Å². The molecule has 1 aliphatic carbocycles. The van der Waals surface area contributed by atoms with Gasteiger partial charge in [0.25, 0.3) is 0 Å². The fourth-order valence-corrected chi connectivity index (χ4v) is 5.27. The van der Waals surface area contributed by atoms with E-state index in [-0.39, 0.29) is 11.0 Å². The number of unbranched alkanes of at least 4 members (excludes halogenated alkanes) is 3. The third-order valence-corrected chi connectivity index (χ3v) is 7.09. The predicted molar refractivity (Wildman–Crippen MR) is 112 cm³/mol. The lowest BCUT2D eigenvalue weighted by Crippen LogP contribution is -2.47. The number of aromatic nitrogens is 1. The zero-order valence-corrected chi connectivity index (χ0v) is 18.3. The maximum Gasteiger partial charge on any atom is 0.221 e. The second-order valence-electron chi connectivity index (χ2n) is 10.3. The fourth-order valence-electron chi connectivity index (χ4n) is 5.27. The Hall–Kier alpha value is -1.25. The Kier molecular flexibility index (Phi) is 5.80. The summed E-state index contributed by atoms with van der Waals surface area (Å²) in [7, 11) is 0. The molecule has 1 aromatic heterocycles. The van der Waals surface area contributed by atoms with Crippen LogP contribution in [0.4, 0.5) is 0 Å². The number of fused-ring (bicyclic) bond motifs is 3. The average molecular weight is 374 g/mol. The molecular formula is C24H39NO2. The smallest absolute Gasteiger partial charge is 0.221 e. The molecule has 0 spiro atoms. The van der Waals surface area contributed by atoms with Crippen LogP contribution in [0.5, 0.6) is 11.6 Å². The Balaban J connectivity index is 1.91. The highest BCUT2D eigenvalue weighted by molar-refractivity contribution is 5.47. The fraction of sp³-hybridized carbons (Fsp3) is 0.792. The number of pyridine rings is 1. The SMILES string of the molecule is CCCCCCC(C)(C)c1cc(O)c2c(n1)OC(C)(C)C1CC[C@H](C)C[C@H]21. The molecule has 1 aliphatic heterocycles. The first-order valence-electron chi connectivity index (χ1n) is 11.1. The summed E-state index contributed by atoms with van der Waals surface area (Å²) < 4.78 is 6.41. The molecule has 1 saturated carbocycles. The minimum absolute atomic E-state index is 0.0511. The Labute approximate surface area is 165 Å². The number of hydrogen-bond donors (Lipinski definition) is 1. The molecule has 2 heterocycles. The van der Waals surface area contributed by atoms with Crippen LogP contribution in [0.1, 0.15) is 110 Å². The van der Waals surface area contributed by atoms with Gasteiger partial charge in [-0.05, 0) is 44.9 Å². The molecule has 0 saturated heterocycles. The summed E-state index contributed by atoms with van der Waals surface area (Å²) in [4.78, 5) is 4.97. The Morgan fingerprint density at radius 2 is 1.96 bits per heavy atom. The van der Waals surface area contributed by atoms with E-state index in [0.717, 1.165) is 24.1 Å². The van der Waals surface area contributed by atoms with Gasteiger partial charge in [0, 0.05) is 17.4 Å². The lowest BCUT2D eigenvalue weighted by Gasteiger charge is -2.48. The van der Waals surface area contributed by atoms with Gasteiger partial charge in [-0.2, -0.15) is 0 Å². The van der Waals surface area contributed by atoms with Gasteiger partial charge in [0.2, 0.25) is 5.88 Å². The predicted octanol–water partition coefficient (Wildman–Crippen LogP) is 6.73. The molecule has 3 heteroatoms. The van der Waals surface area contributed by atoms with Gasteiger partial charge in [-0.25, -0.2) is 4.98 Å². The first-order chi connectivity index (χ1) is 12.7. The van der Waals surface area contributed by atoms with Gasteiger partial charge >= 0.3 is 0 Å². The summed E-state index contributed by atoms with van der Waals surface area (Å²) in [5.41, 5.74) is 1.66. The van der Waals surface area contributed by atoms with Crippen molar-refractivity contribution in [1.82, 2.24) is 4.98 Å². The van der Waals surface area contributed by atoms with Gasteiger partial charge < -0.3 is 9.84 Å². The van der Waals surface area contributed by atoms with Crippen molar-refractivity contribution in [2.75, 3.05) is 0 Å². The highest BCUT2D eigenvalue weighted by atomic mass is 16.5. The third-order valence-electron chi connectivity index (χ3n) is 7.09. The normalized spacial score (nSPS) is 26.8. The lowest BCUT2D eigenvalue weighted by atomic mass is 9.64. The Morgan fingerprint density at radius 1 is 1.22 bits per heavy atom. The van der Waals surface area contributed by atoms with E-state index in [0.29, 0.717) is 29.4 Å². The molecule has 2 aliphatic rings. The van der Waals surface area contributed by atoms with Crippen molar-refractivity contribution in [3.8, 4) is 11.6 Å². The van der Waals surface area contributed by atoms with Crippen LogP contribution < -0.4 is 4.74 Å². The van der Waals surface area contributed by atoms with Crippen LogP contribution in [-0.2, 0) is 5.41 Å². The van der Waals surface area contributed by atoms with Crippen molar-refractivity contribution in [3.05, 3.63) is 17.3 Å². The van der Waals surface area contributed by atoms with Crippen LogP contribution in [0.3, 0.4) is 0 Å². The Morgan fingerprint density at radius 3 is 2.67 bits per heavy atom. The molecule has 1 N–H and O–H groups in total. The third kappa shape index (κ3) is 4.12. The van der Waals surface area contributed by atoms with Gasteiger partial charge in [0.1, 0.15) is 11.4 Å². The molecule has 1 unspecified atom stereocenters. The summed E-state index contributed by atoms with van der Waals surface area (Å²) in [5, 5.41) is 11.0. The monoisotopic (exact) mass is 373 g/mol. The van der Waals surface area contributed by atoms with Crippen LogP contribution in [0.15, 0.2) is 6.07 Å². The van der Waals surface area contributed by atoms with Gasteiger partial charge in [0.05, 0.1) is 11.3 Å². The summed E-state index contributed by atoms with van der Waals surface area (Å²) in [6.07, 6.45) is 9.64. The van der Waals surface area contributed by atoms with Crippen molar-refractivity contribution in [2.45, 2.75) is 110 Å². The van der Waals surface area contributed by atoms with Crippen LogP contribution in [0.2, 0.25) is 0 Å². The Bertz CT molecular complexity index is 665. The molecule has 27 heavy (non-hydrogen) atoms. The van der Waals surface area contributed by atoms with E-state index in [4.69, 9.17) is 9.72 Å². The molecule has 1 aromatic rings. The zero-order chi connectivity index (χ0) is 19.8. The first kappa shape index (κ1) is 20.5. The van der Waals surface area contributed by atoms with Gasteiger partial charge in [0.15, 0.2) is 0 Å². The van der Waals surface area contributed by atoms with Crippen molar-refractivity contribution in [2.24, 2.45) is 11.8 Å². The zero-order valence-electron chi connectivity index (χ0n) is 18.3. The van der Waals surface area contributed by atoms with Gasteiger partial charge in [-0.3, -0.25) is 0 Å². The average Bonchev–Trinajstić information content (AvgIpc) is 2.57. The van der Waals surface area contributed by atoms with Crippen LogP contribution in [0, 0.1) is 11.8 Å². The van der Waals surface area contributed by atoms with Gasteiger partial charge in [-0.1, -0.05) is 59.8 Å².